The van der Waals surface area contributed by atoms with Crippen LogP contribution in [0.2, 0.25) is 0 Å². The van der Waals surface area contributed by atoms with Gasteiger partial charge in [-0.15, -0.1) is 11.8 Å². The maximum Gasteiger partial charge on any atom is 0.232 e. The molecule has 0 saturated heterocycles. The number of anilines is 1. The van der Waals surface area contributed by atoms with Crippen LogP contribution in [0.1, 0.15) is 18.9 Å². The van der Waals surface area contributed by atoms with Gasteiger partial charge < -0.3 is 10.2 Å². The molecule has 2 aromatic rings. The summed E-state index contributed by atoms with van der Waals surface area (Å²) in [4.78, 5) is 14.3. The summed E-state index contributed by atoms with van der Waals surface area (Å²) in [5.74, 6) is 0.991. The molecule has 1 atom stereocenters. The summed E-state index contributed by atoms with van der Waals surface area (Å²) in [5, 5.41) is 3.01. The molecule has 0 saturated carbocycles. The quantitative estimate of drug-likeness (QED) is 0.700. The van der Waals surface area contributed by atoms with Crippen molar-refractivity contribution in [3.63, 3.8) is 0 Å². The van der Waals surface area contributed by atoms with Crippen molar-refractivity contribution >= 4 is 23.4 Å². The van der Waals surface area contributed by atoms with Gasteiger partial charge in [-0.1, -0.05) is 48.5 Å². The van der Waals surface area contributed by atoms with E-state index in [1.165, 1.54) is 11.3 Å². The zero-order valence-corrected chi connectivity index (χ0v) is 15.3. The van der Waals surface area contributed by atoms with Crippen LogP contribution in [0.4, 0.5) is 5.69 Å². The average Bonchev–Trinajstić information content (AvgIpc) is 2.64. The number of amides is 1. The molecule has 24 heavy (non-hydrogen) atoms. The largest absolute Gasteiger partial charge is 0.375 e. The number of hydrogen-bond donors (Lipinski definition) is 1. The van der Waals surface area contributed by atoms with Gasteiger partial charge in [0.15, 0.2) is 0 Å². The number of nitrogens with zero attached hydrogens (tertiary/aromatic N) is 1. The van der Waals surface area contributed by atoms with Gasteiger partial charge in [0.05, 0.1) is 5.25 Å². The molecule has 0 aliphatic carbocycles. The average molecular weight is 343 g/mol. The summed E-state index contributed by atoms with van der Waals surface area (Å²) in [6, 6.07) is 20.6. The van der Waals surface area contributed by atoms with E-state index in [2.05, 4.69) is 41.5 Å². The zero-order chi connectivity index (χ0) is 17.2. The predicted molar refractivity (Wildman–Crippen MR) is 105 cm³/mol. The van der Waals surface area contributed by atoms with E-state index in [0.29, 0.717) is 6.54 Å². The molecule has 0 aliphatic rings. The molecular weight excluding hydrogens is 316 g/mol. The second-order valence-electron chi connectivity index (χ2n) is 5.84. The first-order valence-electron chi connectivity index (χ1n) is 8.36. The fourth-order valence-electron chi connectivity index (χ4n) is 2.35. The fraction of sp³-hybridized carbons (Fsp3) is 0.350. The molecule has 0 fully saturated rings. The lowest BCUT2D eigenvalue weighted by Crippen LogP contribution is -2.33. The number of benzene rings is 2. The van der Waals surface area contributed by atoms with Gasteiger partial charge in [-0.25, -0.2) is 0 Å². The molecule has 4 heteroatoms. The van der Waals surface area contributed by atoms with Crippen LogP contribution in [-0.2, 0) is 10.5 Å². The number of carbonyl (C=O) groups excluding carboxylic acids is 1. The van der Waals surface area contributed by atoms with Gasteiger partial charge in [0.1, 0.15) is 0 Å². The minimum atomic E-state index is -0.0305. The van der Waals surface area contributed by atoms with E-state index in [0.717, 1.165) is 18.7 Å². The van der Waals surface area contributed by atoms with Crippen LogP contribution in [0.25, 0.3) is 0 Å². The van der Waals surface area contributed by atoms with E-state index >= 15 is 0 Å². The molecule has 3 nitrogen and oxygen atoms in total. The first-order chi connectivity index (χ1) is 11.7. The predicted octanol–water partition coefficient (Wildman–Crippen LogP) is 3.95. The van der Waals surface area contributed by atoms with Gasteiger partial charge in [-0.05, 0) is 31.0 Å². The molecule has 1 N–H and O–H groups in total. The lowest BCUT2D eigenvalue weighted by Gasteiger charge is -2.19. The second-order valence-corrected chi connectivity index (χ2v) is 7.17. The van der Waals surface area contributed by atoms with Gasteiger partial charge in [0.25, 0.3) is 0 Å². The van der Waals surface area contributed by atoms with Crippen molar-refractivity contribution in [1.82, 2.24) is 5.32 Å². The number of rotatable bonds is 9. The number of hydrogen-bond acceptors (Lipinski definition) is 3. The molecular formula is C20H26N2OS. The van der Waals surface area contributed by atoms with Crippen molar-refractivity contribution in [3.05, 3.63) is 66.2 Å². The number of para-hydroxylation sites is 1. The van der Waals surface area contributed by atoms with Gasteiger partial charge >= 0.3 is 0 Å². The third-order valence-corrected chi connectivity index (χ3v) is 5.09. The van der Waals surface area contributed by atoms with Crippen LogP contribution in [0.3, 0.4) is 0 Å². The van der Waals surface area contributed by atoms with Gasteiger partial charge in [0, 0.05) is 31.6 Å². The summed E-state index contributed by atoms with van der Waals surface area (Å²) in [6.45, 7) is 3.61. The molecule has 0 radical (unpaired) electrons. The third-order valence-electron chi connectivity index (χ3n) is 3.88. The topological polar surface area (TPSA) is 32.3 Å². The van der Waals surface area contributed by atoms with Crippen LogP contribution in [-0.4, -0.2) is 31.3 Å². The Balaban J connectivity index is 1.62. The minimum absolute atomic E-state index is 0.0305. The van der Waals surface area contributed by atoms with E-state index in [4.69, 9.17) is 0 Å². The first kappa shape index (κ1) is 18.4. The van der Waals surface area contributed by atoms with E-state index in [9.17, 15) is 4.79 Å². The van der Waals surface area contributed by atoms with Crippen molar-refractivity contribution in [2.45, 2.75) is 24.3 Å². The zero-order valence-electron chi connectivity index (χ0n) is 14.4. The van der Waals surface area contributed by atoms with Crippen molar-refractivity contribution in [2.75, 3.05) is 25.0 Å². The summed E-state index contributed by atoms with van der Waals surface area (Å²) in [6.07, 6.45) is 0.938. The van der Waals surface area contributed by atoms with Crippen LogP contribution in [0.15, 0.2) is 60.7 Å². The van der Waals surface area contributed by atoms with Crippen LogP contribution in [0.5, 0.6) is 0 Å². The normalized spacial score (nSPS) is 11.8. The Kier molecular flexibility index (Phi) is 7.69. The molecule has 128 valence electrons. The minimum Gasteiger partial charge on any atom is -0.375 e. The molecule has 0 aliphatic heterocycles. The van der Waals surface area contributed by atoms with E-state index < -0.39 is 0 Å². The van der Waals surface area contributed by atoms with E-state index in [-0.39, 0.29) is 11.2 Å². The Labute approximate surface area is 149 Å². The highest BCUT2D eigenvalue weighted by Gasteiger charge is 2.12. The smallest absolute Gasteiger partial charge is 0.232 e. The Hall–Kier alpha value is -1.94. The third kappa shape index (κ3) is 6.28. The van der Waals surface area contributed by atoms with Crippen molar-refractivity contribution < 1.29 is 4.79 Å². The van der Waals surface area contributed by atoms with Crippen molar-refractivity contribution in [3.8, 4) is 0 Å². The highest BCUT2D eigenvalue weighted by molar-refractivity contribution is 7.99. The monoisotopic (exact) mass is 342 g/mol. The molecule has 0 heterocycles. The molecule has 0 bridgehead atoms. The maximum absolute atomic E-state index is 12.1. The molecule has 0 spiro atoms. The first-order valence-corrected chi connectivity index (χ1v) is 9.41. The van der Waals surface area contributed by atoms with Gasteiger partial charge in [0.2, 0.25) is 5.91 Å². The standard InChI is InChI=1S/C20H26N2OS/c1-17(24-16-18-10-5-3-6-11-18)20(23)21-14-9-15-22(2)19-12-7-4-8-13-19/h3-8,10-13,17H,9,14-16H2,1-2H3,(H,21,23)/t17-/m0/s1. The summed E-state index contributed by atoms with van der Waals surface area (Å²) < 4.78 is 0. The van der Waals surface area contributed by atoms with Gasteiger partial charge in [-0.3, -0.25) is 4.79 Å². The fourth-order valence-corrected chi connectivity index (χ4v) is 3.22. The van der Waals surface area contributed by atoms with Gasteiger partial charge in [-0.2, -0.15) is 0 Å². The maximum atomic E-state index is 12.1. The number of carbonyl (C=O) groups is 1. The molecule has 1 amide bonds. The Morgan fingerprint density at radius 3 is 2.38 bits per heavy atom. The SMILES string of the molecule is C[C@H](SCc1ccccc1)C(=O)NCCCN(C)c1ccccc1. The van der Waals surface area contributed by atoms with Crippen molar-refractivity contribution in [2.24, 2.45) is 0 Å². The van der Waals surface area contributed by atoms with E-state index in [1.807, 2.05) is 43.3 Å². The Morgan fingerprint density at radius 1 is 1.08 bits per heavy atom. The summed E-state index contributed by atoms with van der Waals surface area (Å²) in [7, 11) is 2.08. The second kappa shape index (κ2) is 10.0. The molecule has 0 aromatic heterocycles. The number of nitrogens with one attached hydrogen (secondary N) is 1. The molecule has 0 unspecified atom stereocenters. The summed E-state index contributed by atoms with van der Waals surface area (Å²) >= 11 is 1.68. The lowest BCUT2D eigenvalue weighted by molar-refractivity contribution is -0.120. The Bertz CT molecular complexity index is 604. The summed E-state index contributed by atoms with van der Waals surface area (Å²) in [5.41, 5.74) is 2.46. The molecule has 2 aromatic carbocycles. The van der Waals surface area contributed by atoms with Crippen molar-refractivity contribution in [1.29, 1.82) is 0 Å². The Morgan fingerprint density at radius 2 is 1.71 bits per heavy atom. The lowest BCUT2D eigenvalue weighted by atomic mass is 10.2. The highest BCUT2D eigenvalue weighted by Crippen LogP contribution is 2.17. The van der Waals surface area contributed by atoms with Crippen LogP contribution < -0.4 is 10.2 Å². The van der Waals surface area contributed by atoms with Crippen LogP contribution in [0, 0.1) is 0 Å². The number of thioether (sulfide) groups is 1. The molecule has 2 rings (SSSR count). The highest BCUT2D eigenvalue weighted by atomic mass is 32.2. The van der Waals surface area contributed by atoms with E-state index in [1.54, 1.807) is 11.8 Å². The van der Waals surface area contributed by atoms with Crippen LogP contribution >= 0.6 is 11.8 Å².